The quantitative estimate of drug-likeness (QED) is 0.356. The van der Waals surface area contributed by atoms with Gasteiger partial charge in [0.1, 0.15) is 5.75 Å². The molecule has 1 aromatic carbocycles. The van der Waals surface area contributed by atoms with Crippen molar-refractivity contribution in [2.75, 3.05) is 0 Å². The third kappa shape index (κ3) is 5.08. The first-order valence-electron chi connectivity index (χ1n) is 2.77. The van der Waals surface area contributed by atoms with Crippen LogP contribution in [0.15, 0.2) is 29.2 Å². The summed E-state index contributed by atoms with van der Waals surface area (Å²) in [7, 11) is -4.13. The fourth-order valence-electron chi connectivity index (χ4n) is 0.618. The van der Waals surface area contributed by atoms with Gasteiger partial charge in [0.25, 0.3) is 10.1 Å². The van der Waals surface area contributed by atoms with E-state index in [2.05, 4.69) is 0 Å². The Morgan fingerprint density at radius 2 is 1.54 bits per heavy atom. The molecule has 0 heterocycles. The van der Waals surface area contributed by atoms with E-state index in [-0.39, 0.29) is 61.9 Å². The van der Waals surface area contributed by atoms with E-state index in [1.807, 2.05) is 0 Å². The minimum Gasteiger partial charge on any atom is -1.00 e. The van der Waals surface area contributed by atoms with Gasteiger partial charge in [0, 0.05) is 0 Å². The van der Waals surface area contributed by atoms with Crippen LogP contribution in [0.3, 0.4) is 0 Å². The maximum Gasteiger partial charge on any atom is 1.00 e. The van der Waals surface area contributed by atoms with Gasteiger partial charge in [0.15, 0.2) is 0 Å². The summed E-state index contributed by atoms with van der Waals surface area (Å²) in [5, 5.41) is 8.75. The van der Waals surface area contributed by atoms with Crippen molar-refractivity contribution in [3.63, 3.8) is 0 Å². The van der Waals surface area contributed by atoms with Crippen molar-refractivity contribution in [1.82, 2.24) is 0 Å². The van der Waals surface area contributed by atoms with Crippen LogP contribution >= 0.6 is 0 Å². The predicted octanol–water partition coefficient (Wildman–Crippen LogP) is -5.13. The molecule has 4 nitrogen and oxygen atoms in total. The Hall–Kier alpha value is 0.527. The Bertz CT molecular complexity index is 356. The molecule has 0 unspecified atom stereocenters. The Balaban J connectivity index is -0.000000151. The first-order valence-corrected chi connectivity index (χ1v) is 4.21. The second kappa shape index (κ2) is 6.09. The SMILES string of the molecule is O=S(=O)(O)c1ccc(O)cc1.[H-].[H-].[Li+].[Na+]. The van der Waals surface area contributed by atoms with Crippen molar-refractivity contribution >= 4 is 10.1 Å². The van der Waals surface area contributed by atoms with E-state index in [1.165, 1.54) is 12.1 Å². The molecule has 7 heteroatoms. The normalized spacial score (nSPS) is 9.62. The molecule has 1 aromatic rings. The van der Waals surface area contributed by atoms with E-state index in [0.717, 1.165) is 12.1 Å². The molecule has 0 aromatic heterocycles. The van der Waals surface area contributed by atoms with Crippen LogP contribution in [-0.4, -0.2) is 18.1 Å². The molecule has 0 fully saturated rings. The monoisotopic (exact) mass is 206 g/mol. The molecule has 2 N–H and O–H groups in total. The Morgan fingerprint density at radius 1 is 1.15 bits per heavy atom. The van der Waals surface area contributed by atoms with Crippen LogP contribution in [-0.2, 0) is 10.1 Å². The van der Waals surface area contributed by atoms with Gasteiger partial charge in [-0.2, -0.15) is 8.42 Å². The largest absolute Gasteiger partial charge is 1.00 e. The molecule has 0 saturated carbocycles. The topological polar surface area (TPSA) is 74.6 Å². The molecule has 1 rings (SSSR count). The van der Waals surface area contributed by atoms with E-state index >= 15 is 0 Å². The minimum atomic E-state index is -4.13. The zero-order chi connectivity index (χ0) is 8.48. The molecule has 0 aliphatic carbocycles. The van der Waals surface area contributed by atoms with Crippen LogP contribution in [0.4, 0.5) is 0 Å². The fourth-order valence-corrected chi connectivity index (χ4v) is 1.10. The number of rotatable bonds is 1. The van der Waals surface area contributed by atoms with E-state index in [1.54, 1.807) is 0 Å². The zero-order valence-electron chi connectivity index (χ0n) is 9.43. The average molecular weight is 206 g/mol. The van der Waals surface area contributed by atoms with Gasteiger partial charge in [-0.1, -0.05) is 0 Å². The van der Waals surface area contributed by atoms with Crippen molar-refractivity contribution in [2.24, 2.45) is 0 Å². The molecule has 0 amide bonds. The molecular formula is C6H8LiNaO4S. The molecule has 13 heavy (non-hydrogen) atoms. The van der Waals surface area contributed by atoms with Crippen LogP contribution in [0.2, 0.25) is 0 Å². The Kier molecular flexibility index (Phi) is 7.49. The van der Waals surface area contributed by atoms with Gasteiger partial charge in [0.2, 0.25) is 0 Å². The van der Waals surface area contributed by atoms with E-state index in [9.17, 15) is 8.42 Å². The second-order valence-electron chi connectivity index (χ2n) is 1.97. The summed E-state index contributed by atoms with van der Waals surface area (Å²) in [6, 6.07) is 4.60. The first kappa shape index (κ1) is 16.0. The second-order valence-corrected chi connectivity index (χ2v) is 3.39. The molecule has 0 atom stereocenters. The average Bonchev–Trinajstić information content (AvgIpc) is 1.86. The van der Waals surface area contributed by atoms with Gasteiger partial charge in [-0.25, -0.2) is 0 Å². The van der Waals surface area contributed by atoms with E-state index in [4.69, 9.17) is 9.66 Å². The summed E-state index contributed by atoms with van der Waals surface area (Å²) >= 11 is 0. The van der Waals surface area contributed by atoms with Crippen LogP contribution in [0.25, 0.3) is 0 Å². The van der Waals surface area contributed by atoms with E-state index < -0.39 is 10.1 Å². The van der Waals surface area contributed by atoms with Crippen LogP contribution in [0, 0.1) is 0 Å². The van der Waals surface area contributed by atoms with Crippen LogP contribution in [0.5, 0.6) is 5.75 Å². The third-order valence-corrected chi connectivity index (χ3v) is 2.00. The van der Waals surface area contributed by atoms with Gasteiger partial charge >= 0.3 is 48.4 Å². The summed E-state index contributed by atoms with van der Waals surface area (Å²) in [6.45, 7) is 0. The van der Waals surface area contributed by atoms with Crippen LogP contribution in [0.1, 0.15) is 2.85 Å². The molecule has 0 aliphatic heterocycles. The molecule has 0 radical (unpaired) electrons. The van der Waals surface area contributed by atoms with Crippen molar-refractivity contribution < 1.29 is 69.3 Å². The number of phenolic OH excluding ortho intramolecular Hbond substituents is 1. The summed E-state index contributed by atoms with van der Waals surface area (Å²) in [6.07, 6.45) is 0. The summed E-state index contributed by atoms with van der Waals surface area (Å²) in [5.74, 6) is -0.0441. The van der Waals surface area contributed by atoms with Gasteiger partial charge in [-0.3, -0.25) is 4.55 Å². The Labute approximate surface area is 114 Å². The zero-order valence-corrected chi connectivity index (χ0v) is 10.2. The van der Waals surface area contributed by atoms with E-state index in [0.29, 0.717) is 0 Å². The molecule has 0 saturated heterocycles. The van der Waals surface area contributed by atoms with Gasteiger partial charge in [-0.05, 0) is 24.3 Å². The first-order chi connectivity index (χ1) is 5.00. The van der Waals surface area contributed by atoms with Gasteiger partial charge in [-0.15, -0.1) is 0 Å². The smallest absolute Gasteiger partial charge is 1.00 e. The molecule has 0 spiro atoms. The van der Waals surface area contributed by atoms with Crippen LogP contribution < -0.4 is 48.4 Å². The number of aromatic hydroxyl groups is 1. The molecular weight excluding hydrogens is 198 g/mol. The summed E-state index contributed by atoms with van der Waals surface area (Å²) in [4.78, 5) is -0.227. The maximum atomic E-state index is 10.4. The van der Waals surface area contributed by atoms with Crippen molar-refractivity contribution in [1.29, 1.82) is 0 Å². The third-order valence-electron chi connectivity index (χ3n) is 1.13. The van der Waals surface area contributed by atoms with Crippen molar-refractivity contribution in [3.05, 3.63) is 24.3 Å². The number of hydrogen-bond acceptors (Lipinski definition) is 3. The Morgan fingerprint density at radius 3 is 1.85 bits per heavy atom. The molecule has 0 bridgehead atoms. The number of benzene rings is 1. The molecule has 0 aliphatic rings. The number of phenols is 1. The standard InChI is InChI=1S/C6H6O4S.Li.Na.2H/c7-5-1-3-6(4-2-5)11(8,9)10;;;;/h1-4,7H,(H,8,9,10);;;;/q;2*+1;2*-1. The van der Waals surface area contributed by atoms with Crippen molar-refractivity contribution in [3.8, 4) is 5.75 Å². The maximum absolute atomic E-state index is 10.4. The summed E-state index contributed by atoms with van der Waals surface area (Å²) < 4.78 is 29.3. The van der Waals surface area contributed by atoms with Crippen molar-refractivity contribution in [2.45, 2.75) is 4.90 Å². The minimum absolute atomic E-state index is 0. The molecule has 64 valence electrons. The van der Waals surface area contributed by atoms with Gasteiger partial charge in [0.05, 0.1) is 4.90 Å². The van der Waals surface area contributed by atoms with Gasteiger partial charge < -0.3 is 7.96 Å². The predicted molar refractivity (Wildman–Crippen MR) is 40.1 cm³/mol. The fraction of sp³-hybridized carbons (Fsp3) is 0. The summed E-state index contributed by atoms with van der Waals surface area (Å²) in [5.41, 5.74) is 0. The number of hydrogen-bond donors (Lipinski definition) is 2.